The topological polar surface area (TPSA) is 33.1 Å². The van der Waals surface area contributed by atoms with Gasteiger partial charge < -0.3 is 4.74 Å². The SMILES string of the molecule is COC(=N)CCCc1ccc(C)cc1. The molecule has 1 aromatic carbocycles. The first-order chi connectivity index (χ1) is 6.72. The number of aryl methyl sites for hydroxylation is 2. The van der Waals surface area contributed by atoms with Gasteiger partial charge in [-0.1, -0.05) is 29.8 Å². The van der Waals surface area contributed by atoms with Crippen molar-refractivity contribution < 1.29 is 4.74 Å². The Morgan fingerprint density at radius 2 is 1.93 bits per heavy atom. The monoisotopic (exact) mass is 191 g/mol. The van der Waals surface area contributed by atoms with E-state index in [-0.39, 0.29) is 0 Å². The molecule has 0 saturated carbocycles. The Balaban J connectivity index is 2.31. The van der Waals surface area contributed by atoms with Crippen LogP contribution in [0.15, 0.2) is 24.3 Å². The highest BCUT2D eigenvalue weighted by molar-refractivity contribution is 5.72. The zero-order valence-electron chi connectivity index (χ0n) is 8.84. The van der Waals surface area contributed by atoms with Crippen LogP contribution in [0.4, 0.5) is 0 Å². The van der Waals surface area contributed by atoms with E-state index in [1.165, 1.54) is 11.1 Å². The first-order valence-corrected chi connectivity index (χ1v) is 4.89. The van der Waals surface area contributed by atoms with Crippen molar-refractivity contribution >= 4 is 5.90 Å². The lowest BCUT2D eigenvalue weighted by Gasteiger charge is -2.03. The highest BCUT2D eigenvalue weighted by Crippen LogP contribution is 2.07. The summed E-state index contributed by atoms with van der Waals surface area (Å²) in [6.45, 7) is 2.09. The molecule has 0 aliphatic carbocycles. The highest BCUT2D eigenvalue weighted by atomic mass is 16.5. The van der Waals surface area contributed by atoms with Gasteiger partial charge in [0.15, 0.2) is 5.90 Å². The Kier molecular flexibility index (Phi) is 4.17. The fourth-order valence-electron chi connectivity index (χ4n) is 1.31. The summed E-state index contributed by atoms with van der Waals surface area (Å²) in [6, 6.07) is 8.53. The smallest absolute Gasteiger partial charge is 0.180 e. The lowest BCUT2D eigenvalue weighted by atomic mass is 10.1. The van der Waals surface area contributed by atoms with E-state index < -0.39 is 0 Å². The average Bonchev–Trinajstić information content (AvgIpc) is 2.21. The van der Waals surface area contributed by atoms with Crippen molar-refractivity contribution in [2.45, 2.75) is 26.2 Å². The molecule has 2 heteroatoms. The second-order valence-corrected chi connectivity index (χ2v) is 3.47. The third kappa shape index (κ3) is 3.60. The van der Waals surface area contributed by atoms with E-state index in [9.17, 15) is 0 Å². The predicted octanol–water partition coefficient (Wildman–Crippen LogP) is 2.94. The molecule has 0 unspecified atom stereocenters. The number of methoxy groups -OCH3 is 1. The molecule has 0 aliphatic rings. The van der Waals surface area contributed by atoms with Crippen LogP contribution in [0.25, 0.3) is 0 Å². The molecule has 0 radical (unpaired) electrons. The van der Waals surface area contributed by atoms with Gasteiger partial charge in [0, 0.05) is 6.42 Å². The third-order valence-corrected chi connectivity index (χ3v) is 2.24. The molecular formula is C12H17NO. The molecule has 2 nitrogen and oxygen atoms in total. The van der Waals surface area contributed by atoms with Crippen LogP contribution in [-0.4, -0.2) is 13.0 Å². The van der Waals surface area contributed by atoms with Gasteiger partial charge in [0.25, 0.3) is 0 Å². The number of rotatable bonds is 4. The van der Waals surface area contributed by atoms with E-state index in [1.807, 2.05) is 0 Å². The summed E-state index contributed by atoms with van der Waals surface area (Å²) in [4.78, 5) is 0. The van der Waals surface area contributed by atoms with Crippen molar-refractivity contribution in [3.63, 3.8) is 0 Å². The Hall–Kier alpha value is -1.31. The van der Waals surface area contributed by atoms with Gasteiger partial charge in [-0.3, -0.25) is 5.41 Å². The minimum Gasteiger partial charge on any atom is -0.484 e. The van der Waals surface area contributed by atoms with E-state index in [0.717, 1.165) is 19.3 Å². The largest absolute Gasteiger partial charge is 0.484 e. The summed E-state index contributed by atoms with van der Waals surface area (Å²) in [5.41, 5.74) is 2.62. The molecule has 0 aromatic heterocycles. The molecule has 0 spiro atoms. The highest BCUT2D eigenvalue weighted by Gasteiger charge is 1.96. The van der Waals surface area contributed by atoms with E-state index in [1.54, 1.807) is 7.11 Å². The second kappa shape index (κ2) is 5.43. The van der Waals surface area contributed by atoms with Crippen LogP contribution in [0.2, 0.25) is 0 Å². The number of hydrogen-bond acceptors (Lipinski definition) is 2. The summed E-state index contributed by atoms with van der Waals surface area (Å²) in [5.74, 6) is 0.372. The molecule has 0 amide bonds. The molecule has 1 rings (SSSR count). The van der Waals surface area contributed by atoms with Gasteiger partial charge in [0.05, 0.1) is 7.11 Å². The summed E-state index contributed by atoms with van der Waals surface area (Å²) in [7, 11) is 1.55. The van der Waals surface area contributed by atoms with Gasteiger partial charge in [0.1, 0.15) is 0 Å². The van der Waals surface area contributed by atoms with Crippen molar-refractivity contribution in [3.05, 3.63) is 35.4 Å². The van der Waals surface area contributed by atoms with Crippen LogP contribution < -0.4 is 0 Å². The van der Waals surface area contributed by atoms with Gasteiger partial charge in [-0.2, -0.15) is 0 Å². The van der Waals surface area contributed by atoms with Gasteiger partial charge >= 0.3 is 0 Å². The maximum Gasteiger partial charge on any atom is 0.180 e. The molecule has 0 atom stereocenters. The molecule has 1 aromatic rings. The van der Waals surface area contributed by atoms with E-state index >= 15 is 0 Å². The van der Waals surface area contributed by atoms with E-state index in [4.69, 9.17) is 10.1 Å². The van der Waals surface area contributed by atoms with Gasteiger partial charge in [-0.25, -0.2) is 0 Å². The van der Waals surface area contributed by atoms with Crippen LogP contribution in [0.1, 0.15) is 24.0 Å². The van der Waals surface area contributed by atoms with Gasteiger partial charge in [-0.05, 0) is 25.3 Å². The molecule has 0 saturated heterocycles. The minimum atomic E-state index is 0.372. The van der Waals surface area contributed by atoms with E-state index in [2.05, 4.69) is 31.2 Å². The molecule has 0 bridgehead atoms. The minimum absolute atomic E-state index is 0.372. The summed E-state index contributed by atoms with van der Waals surface area (Å²) in [6.07, 6.45) is 2.73. The predicted molar refractivity (Wildman–Crippen MR) is 58.9 cm³/mol. The normalized spacial score (nSPS) is 9.86. The fourth-order valence-corrected chi connectivity index (χ4v) is 1.31. The van der Waals surface area contributed by atoms with Gasteiger partial charge in [0.2, 0.25) is 0 Å². The van der Waals surface area contributed by atoms with Crippen LogP contribution in [-0.2, 0) is 11.2 Å². The van der Waals surface area contributed by atoms with Crippen molar-refractivity contribution in [1.29, 1.82) is 5.41 Å². The quantitative estimate of drug-likeness (QED) is 0.576. The van der Waals surface area contributed by atoms with Crippen LogP contribution in [0.5, 0.6) is 0 Å². The van der Waals surface area contributed by atoms with Crippen LogP contribution >= 0.6 is 0 Å². The van der Waals surface area contributed by atoms with Crippen molar-refractivity contribution in [3.8, 4) is 0 Å². The molecule has 14 heavy (non-hydrogen) atoms. The van der Waals surface area contributed by atoms with Crippen molar-refractivity contribution in [1.82, 2.24) is 0 Å². The summed E-state index contributed by atoms with van der Waals surface area (Å²) >= 11 is 0. The molecule has 0 aliphatic heterocycles. The Morgan fingerprint density at radius 1 is 1.29 bits per heavy atom. The first kappa shape index (κ1) is 10.8. The first-order valence-electron chi connectivity index (χ1n) is 4.89. The number of benzene rings is 1. The van der Waals surface area contributed by atoms with E-state index in [0.29, 0.717) is 5.90 Å². The Labute approximate surface area is 85.4 Å². The standard InChI is InChI=1S/C12H17NO/c1-10-6-8-11(9-7-10)4-3-5-12(13)14-2/h6-9,13H,3-5H2,1-2H3. The second-order valence-electron chi connectivity index (χ2n) is 3.47. The maximum atomic E-state index is 7.32. The summed E-state index contributed by atoms with van der Waals surface area (Å²) in [5, 5.41) is 7.32. The molecule has 0 heterocycles. The summed E-state index contributed by atoms with van der Waals surface area (Å²) < 4.78 is 4.79. The third-order valence-electron chi connectivity index (χ3n) is 2.24. The number of hydrogen-bond donors (Lipinski definition) is 1. The van der Waals surface area contributed by atoms with Crippen molar-refractivity contribution in [2.75, 3.05) is 7.11 Å². The zero-order valence-corrected chi connectivity index (χ0v) is 8.84. The lowest BCUT2D eigenvalue weighted by Crippen LogP contribution is -1.99. The molecular weight excluding hydrogens is 174 g/mol. The zero-order chi connectivity index (χ0) is 10.4. The Bertz CT molecular complexity index is 290. The van der Waals surface area contributed by atoms with Gasteiger partial charge in [-0.15, -0.1) is 0 Å². The molecule has 1 N–H and O–H groups in total. The molecule has 76 valence electrons. The van der Waals surface area contributed by atoms with Crippen LogP contribution in [0, 0.1) is 12.3 Å². The maximum absolute atomic E-state index is 7.32. The Morgan fingerprint density at radius 3 is 2.50 bits per heavy atom. The molecule has 0 fully saturated rings. The fraction of sp³-hybridized carbons (Fsp3) is 0.417. The van der Waals surface area contributed by atoms with Crippen molar-refractivity contribution in [2.24, 2.45) is 0 Å². The lowest BCUT2D eigenvalue weighted by molar-refractivity contribution is 0.384. The van der Waals surface area contributed by atoms with Crippen LogP contribution in [0.3, 0.4) is 0 Å². The number of ether oxygens (including phenoxy) is 1. The number of nitrogens with one attached hydrogen (secondary N) is 1. The average molecular weight is 191 g/mol.